The maximum Gasteiger partial charge on any atom is 0.276 e. The lowest BCUT2D eigenvalue weighted by Crippen LogP contribution is -2.44. The molecule has 2 amide bonds. The fraction of sp³-hybridized carbons (Fsp3) is 0.120. The smallest absolute Gasteiger partial charge is 0.276 e. The molecule has 0 spiro atoms. The van der Waals surface area contributed by atoms with Crippen LogP contribution in [0.25, 0.3) is 10.6 Å². The van der Waals surface area contributed by atoms with Crippen LogP contribution in [0.5, 0.6) is 5.75 Å². The SMILES string of the molecule is O=C(COc1ccccc1Cc1ccccc1)NNC(=O)Cc1csc(-c2cccnc2)n1. The molecule has 2 N–H and O–H groups in total. The number of benzene rings is 2. The molecule has 7 nitrogen and oxygen atoms in total. The molecule has 0 atom stereocenters. The van der Waals surface area contributed by atoms with Crippen LogP contribution in [0.15, 0.2) is 84.5 Å². The summed E-state index contributed by atoms with van der Waals surface area (Å²) in [5.74, 6) is -0.184. The Labute approximate surface area is 195 Å². The molecule has 0 aliphatic rings. The minimum atomic E-state index is -0.452. The third-order valence-corrected chi connectivity index (χ3v) is 5.65. The molecule has 166 valence electrons. The summed E-state index contributed by atoms with van der Waals surface area (Å²) in [5, 5.41) is 2.61. The minimum absolute atomic E-state index is 0.0534. The Hall–Kier alpha value is -4.04. The van der Waals surface area contributed by atoms with Crippen molar-refractivity contribution < 1.29 is 14.3 Å². The molecule has 0 fully saturated rings. The Kier molecular flexibility index (Phi) is 7.40. The van der Waals surface area contributed by atoms with E-state index >= 15 is 0 Å². The Morgan fingerprint density at radius 1 is 0.909 bits per heavy atom. The van der Waals surface area contributed by atoms with Crippen LogP contribution in [0.2, 0.25) is 0 Å². The first kappa shape index (κ1) is 22.2. The number of carbonyl (C=O) groups excluding carboxylic acids is 2. The molecule has 0 saturated carbocycles. The largest absolute Gasteiger partial charge is 0.483 e. The molecule has 0 bridgehead atoms. The van der Waals surface area contributed by atoms with E-state index in [1.165, 1.54) is 11.3 Å². The second-order valence-electron chi connectivity index (χ2n) is 7.22. The van der Waals surface area contributed by atoms with Gasteiger partial charge in [-0.2, -0.15) is 0 Å². The summed E-state index contributed by atoms with van der Waals surface area (Å²) in [6.07, 6.45) is 4.17. The number of hydrazine groups is 1. The topological polar surface area (TPSA) is 93.2 Å². The van der Waals surface area contributed by atoms with Crippen LogP contribution in [0.4, 0.5) is 0 Å². The van der Waals surface area contributed by atoms with Crippen molar-refractivity contribution in [2.45, 2.75) is 12.8 Å². The van der Waals surface area contributed by atoms with Crippen molar-refractivity contribution >= 4 is 23.2 Å². The molecule has 33 heavy (non-hydrogen) atoms. The lowest BCUT2D eigenvalue weighted by atomic mass is 10.0. The van der Waals surface area contributed by atoms with Gasteiger partial charge in [0.15, 0.2) is 6.61 Å². The number of carbonyl (C=O) groups is 2. The van der Waals surface area contributed by atoms with Crippen LogP contribution in [0, 0.1) is 0 Å². The first-order chi connectivity index (χ1) is 16.2. The molecule has 8 heteroatoms. The van der Waals surface area contributed by atoms with Crippen LogP contribution in [0.1, 0.15) is 16.8 Å². The van der Waals surface area contributed by atoms with Gasteiger partial charge < -0.3 is 4.74 Å². The summed E-state index contributed by atoms with van der Waals surface area (Å²) in [7, 11) is 0. The van der Waals surface area contributed by atoms with Crippen molar-refractivity contribution in [1.82, 2.24) is 20.8 Å². The number of aromatic nitrogens is 2. The molecule has 2 aromatic carbocycles. The van der Waals surface area contributed by atoms with Gasteiger partial charge in [0.25, 0.3) is 5.91 Å². The van der Waals surface area contributed by atoms with E-state index in [1.54, 1.807) is 12.4 Å². The molecule has 4 aromatic rings. The normalized spacial score (nSPS) is 10.4. The number of rotatable bonds is 8. The van der Waals surface area contributed by atoms with Crippen molar-refractivity contribution in [2.24, 2.45) is 0 Å². The summed E-state index contributed by atoms with van der Waals surface area (Å²) in [6.45, 7) is -0.214. The first-order valence-corrected chi connectivity index (χ1v) is 11.2. The van der Waals surface area contributed by atoms with Gasteiger partial charge in [-0.25, -0.2) is 4.98 Å². The van der Waals surface area contributed by atoms with Gasteiger partial charge in [-0.1, -0.05) is 48.5 Å². The Morgan fingerprint density at radius 2 is 1.70 bits per heavy atom. The average molecular weight is 459 g/mol. The van der Waals surface area contributed by atoms with E-state index in [0.717, 1.165) is 21.7 Å². The van der Waals surface area contributed by atoms with Crippen LogP contribution in [-0.2, 0) is 22.4 Å². The van der Waals surface area contributed by atoms with E-state index in [-0.39, 0.29) is 18.9 Å². The van der Waals surface area contributed by atoms with Gasteiger partial charge in [0.1, 0.15) is 10.8 Å². The second kappa shape index (κ2) is 11.0. The highest BCUT2D eigenvalue weighted by Crippen LogP contribution is 2.23. The van der Waals surface area contributed by atoms with Crippen LogP contribution >= 0.6 is 11.3 Å². The van der Waals surface area contributed by atoms with E-state index in [4.69, 9.17) is 4.74 Å². The third kappa shape index (κ3) is 6.47. The van der Waals surface area contributed by atoms with Gasteiger partial charge >= 0.3 is 0 Å². The van der Waals surface area contributed by atoms with Gasteiger partial charge in [-0.15, -0.1) is 11.3 Å². The highest BCUT2D eigenvalue weighted by Gasteiger charge is 2.11. The van der Waals surface area contributed by atoms with Crippen molar-refractivity contribution in [2.75, 3.05) is 6.61 Å². The predicted octanol–water partition coefficient (Wildman–Crippen LogP) is 3.56. The van der Waals surface area contributed by atoms with Crippen molar-refractivity contribution in [3.05, 3.63) is 101 Å². The Morgan fingerprint density at radius 3 is 2.52 bits per heavy atom. The van der Waals surface area contributed by atoms with E-state index in [2.05, 4.69) is 20.8 Å². The zero-order chi connectivity index (χ0) is 22.9. The highest BCUT2D eigenvalue weighted by atomic mass is 32.1. The van der Waals surface area contributed by atoms with E-state index in [0.29, 0.717) is 17.9 Å². The average Bonchev–Trinajstić information content (AvgIpc) is 3.32. The van der Waals surface area contributed by atoms with Gasteiger partial charge in [0.2, 0.25) is 5.91 Å². The monoisotopic (exact) mass is 458 g/mol. The molecule has 0 saturated heterocycles. The van der Waals surface area contributed by atoms with Crippen LogP contribution < -0.4 is 15.6 Å². The van der Waals surface area contributed by atoms with Gasteiger partial charge in [0.05, 0.1) is 12.1 Å². The summed E-state index contributed by atoms with van der Waals surface area (Å²) in [5.41, 5.74) is 8.44. The van der Waals surface area contributed by atoms with Crippen molar-refractivity contribution in [3.8, 4) is 16.3 Å². The number of pyridine rings is 1. The predicted molar refractivity (Wildman–Crippen MR) is 127 cm³/mol. The third-order valence-electron chi connectivity index (χ3n) is 4.71. The number of nitrogens with one attached hydrogen (secondary N) is 2. The Balaban J connectivity index is 1.24. The number of nitrogens with zero attached hydrogens (tertiary/aromatic N) is 2. The highest BCUT2D eigenvalue weighted by molar-refractivity contribution is 7.13. The summed E-state index contributed by atoms with van der Waals surface area (Å²) in [4.78, 5) is 32.9. The molecular formula is C25H22N4O3S. The fourth-order valence-electron chi connectivity index (χ4n) is 3.14. The van der Waals surface area contributed by atoms with Gasteiger partial charge in [-0.05, 0) is 29.3 Å². The number of amides is 2. The number of hydrogen-bond donors (Lipinski definition) is 2. The van der Waals surface area contributed by atoms with Crippen molar-refractivity contribution in [1.29, 1.82) is 0 Å². The lowest BCUT2D eigenvalue weighted by Gasteiger charge is -2.12. The zero-order valence-corrected chi connectivity index (χ0v) is 18.5. The maximum atomic E-state index is 12.2. The number of para-hydroxylation sites is 1. The summed E-state index contributed by atoms with van der Waals surface area (Å²) < 4.78 is 5.69. The van der Waals surface area contributed by atoms with Crippen LogP contribution in [0.3, 0.4) is 0 Å². The number of thiazole rings is 1. The zero-order valence-electron chi connectivity index (χ0n) is 17.7. The van der Waals surface area contributed by atoms with E-state index < -0.39 is 5.91 Å². The summed E-state index contributed by atoms with van der Waals surface area (Å²) >= 11 is 1.44. The second-order valence-corrected chi connectivity index (χ2v) is 8.08. The Bertz CT molecular complexity index is 1210. The molecule has 2 heterocycles. The van der Waals surface area contributed by atoms with Gasteiger partial charge in [0, 0.05) is 29.8 Å². The van der Waals surface area contributed by atoms with Crippen LogP contribution in [-0.4, -0.2) is 28.4 Å². The number of ether oxygens (including phenoxy) is 1. The fourth-order valence-corrected chi connectivity index (χ4v) is 3.95. The van der Waals surface area contributed by atoms with Gasteiger partial charge in [-0.3, -0.25) is 25.4 Å². The molecular weight excluding hydrogens is 436 g/mol. The molecule has 0 aliphatic heterocycles. The molecule has 2 aromatic heterocycles. The molecule has 0 unspecified atom stereocenters. The molecule has 0 radical (unpaired) electrons. The van der Waals surface area contributed by atoms with Crippen molar-refractivity contribution in [3.63, 3.8) is 0 Å². The first-order valence-electron chi connectivity index (χ1n) is 10.3. The molecule has 4 rings (SSSR count). The lowest BCUT2D eigenvalue weighted by molar-refractivity contribution is -0.129. The van der Waals surface area contributed by atoms with E-state index in [1.807, 2.05) is 72.1 Å². The number of hydrogen-bond acceptors (Lipinski definition) is 6. The maximum absolute atomic E-state index is 12.2. The standard InChI is InChI=1S/C25H22N4O3S/c30-23(14-21-17-33-25(27-21)20-10-6-12-26-15-20)28-29-24(31)16-32-22-11-5-4-9-19(22)13-18-7-2-1-3-8-18/h1-12,15,17H,13-14,16H2,(H,28,30)(H,29,31). The van der Waals surface area contributed by atoms with E-state index in [9.17, 15) is 9.59 Å². The molecule has 0 aliphatic carbocycles. The quantitative estimate of drug-likeness (QED) is 0.394. The minimum Gasteiger partial charge on any atom is -0.483 e. The summed E-state index contributed by atoms with van der Waals surface area (Å²) in [6, 6.07) is 21.4.